The van der Waals surface area contributed by atoms with Crippen LogP contribution in [0.1, 0.15) is 46.5 Å². The number of carbonyl (C=O) groups excluding carboxylic acids is 2. The van der Waals surface area contributed by atoms with Gasteiger partial charge in [0, 0.05) is 12.6 Å². The van der Waals surface area contributed by atoms with Gasteiger partial charge < -0.3 is 4.90 Å². The second-order valence-electron chi connectivity index (χ2n) is 5.38. The zero-order valence-electron chi connectivity index (χ0n) is 10.5. The predicted molar refractivity (Wildman–Crippen MR) is 61.9 cm³/mol. The first-order chi connectivity index (χ1) is 7.53. The monoisotopic (exact) mass is 223 g/mol. The summed E-state index contributed by atoms with van der Waals surface area (Å²) in [5.74, 6) is 0.700. The average molecular weight is 223 g/mol. The van der Waals surface area contributed by atoms with Crippen molar-refractivity contribution in [2.24, 2.45) is 11.3 Å². The fourth-order valence-corrected chi connectivity index (χ4v) is 3.37. The van der Waals surface area contributed by atoms with Crippen molar-refractivity contribution in [1.82, 2.24) is 4.90 Å². The molecule has 0 aliphatic carbocycles. The minimum Gasteiger partial charge on any atom is -0.339 e. The Morgan fingerprint density at radius 3 is 2.75 bits per heavy atom. The summed E-state index contributed by atoms with van der Waals surface area (Å²) in [7, 11) is 0. The van der Waals surface area contributed by atoms with Gasteiger partial charge in [-0.15, -0.1) is 0 Å². The second kappa shape index (κ2) is 3.86. The summed E-state index contributed by atoms with van der Waals surface area (Å²) in [5, 5.41) is 0. The molecule has 2 aliphatic rings. The van der Waals surface area contributed by atoms with Crippen LogP contribution in [0.3, 0.4) is 0 Å². The lowest BCUT2D eigenvalue weighted by molar-refractivity contribution is -0.144. The van der Waals surface area contributed by atoms with Gasteiger partial charge in [0.15, 0.2) is 0 Å². The van der Waals surface area contributed by atoms with Gasteiger partial charge >= 0.3 is 0 Å². The third-order valence-corrected chi connectivity index (χ3v) is 4.62. The van der Waals surface area contributed by atoms with E-state index in [4.69, 9.17) is 0 Å². The number of rotatable bonds is 2. The van der Waals surface area contributed by atoms with Gasteiger partial charge in [0.2, 0.25) is 5.91 Å². The highest BCUT2D eigenvalue weighted by Crippen LogP contribution is 2.44. The summed E-state index contributed by atoms with van der Waals surface area (Å²) >= 11 is 0. The van der Waals surface area contributed by atoms with Crippen molar-refractivity contribution in [2.75, 3.05) is 6.54 Å². The number of Topliss-reactive ketones (excluding diaryl/α,β-unsaturated/α-hetero) is 1. The quantitative estimate of drug-likeness (QED) is 0.671. The third-order valence-electron chi connectivity index (χ3n) is 4.62. The molecule has 16 heavy (non-hydrogen) atoms. The Morgan fingerprint density at radius 1 is 1.56 bits per heavy atom. The Balaban J connectivity index is 2.33. The summed E-state index contributed by atoms with van der Waals surface area (Å²) in [4.78, 5) is 26.2. The summed E-state index contributed by atoms with van der Waals surface area (Å²) in [6.07, 6.45) is 3.67. The molecule has 2 saturated heterocycles. The van der Waals surface area contributed by atoms with Gasteiger partial charge in [0.25, 0.3) is 0 Å². The van der Waals surface area contributed by atoms with Gasteiger partial charge in [-0.2, -0.15) is 0 Å². The number of hydrogen-bond acceptors (Lipinski definition) is 2. The van der Waals surface area contributed by atoms with Crippen LogP contribution in [0.4, 0.5) is 0 Å². The molecule has 0 radical (unpaired) electrons. The number of hydrogen-bond donors (Lipinski definition) is 0. The minimum atomic E-state index is -0.691. The van der Waals surface area contributed by atoms with E-state index in [1.807, 2.05) is 11.8 Å². The molecule has 0 saturated carbocycles. The van der Waals surface area contributed by atoms with Gasteiger partial charge in [0.05, 0.1) is 0 Å². The molecular formula is C13H21NO2. The SMILES string of the molecule is CCC1(C(C)=O)CC2[C@@H](C)CCCN2C1=O. The molecule has 3 heteroatoms. The van der Waals surface area contributed by atoms with E-state index in [-0.39, 0.29) is 11.7 Å². The van der Waals surface area contributed by atoms with Gasteiger partial charge in [-0.25, -0.2) is 0 Å². The number of amides is 1. The largest absolute Gasteiger partial charge is 0.339 e. The lowest BCUT2D eigenvalue weighted by atomic mass is 9.77. The number of ketones is 1. The molecule has 2 unspecified atom stereocenters. The van der Waals surface area contributed by atoms with Crippen molar-refractivity contribution < 1.29 is 9.59 Å². The van der Waals surface area contributed by atoms with Crippen LogP contribution in [0.15, 0.2) is 0 Å². The topological polar surface area (TPSA) is 37.4 Å². The van der Waals surface area contributed by atoms with Crippen molar-refractivity contribution in [2.45, 2.75) is 52.5 Å². The molecule has 0 spiro atoms. The summed E-state index contributed by atoms with van der Waals surface area (Å²) in [6.45, 7) is 6.59. The van der Waals surface area contributed by atoms with E-state index in [1.54, 1.807) is 6.92 Å². The van der Waals surface area contributed by atoms with Crippen LogP contribution in [-0.2, 0) is 9.59 Å². The van der Waals surface area contributed by atoms with Crippen LogP contribution in [0, 0.1) is 11.3 Å². The first kappa shape index (κ1) is 11.6. The van der Waals surface area contributed by atoms with Crippen LogP contribution in [0.2, 0.25) is 0 Å². The zero-order valence-corrected chi connectivity index (χ0v) is 10.5. The van der Waals surface area contributed by atoms with Crippen molar-refractivity contribution in [3.63, 3.8) is 0 Å². The highest BCUT2D eigenvalue weighted by atomic mass is 16.2. The summed E-state index contributed by atoms with van der Waals surface area (Å²) in [5.41, 5.74) is -0.691. The molecular weight excluding hydrogens is 202 g/mol. The van der Waals surface area contributed by atoms with Crippen LogP contribution in [0.25, 0.3) is 0 Å². The van der Waals surface area contributed by atoms with E-state index in [0.717, 1.165) is 19.4 Å². The van der Waals surface area contributed by atoms with E-state index in [1.165, 1.54) is 6.42 Å². The molecule has 2 heterocycles. The lowest BCUT2D eigenvalue weighted by Gasteiger charge is -2.34. The van der Waals surface area contributed by atoms with E-state index in [9.17, 15) is 9.59 Å². The maximum atomic E-state index is 12.4. The number of nitrogens with zero attached hydrogens (tertiary/aromatic N) is 1. The van der Waals surface area contributed by atoms with Gasteiger partial charge in [-0.1, -0.05) is 13.8 Å². The molecule has 2 aliphatic heterocycles. The highest BCUT2D eigenvalue weighted by Gasteiger charge is 2.55. The Labute approximate surface area is 97.2 Å². The van der Waals surface area contributed by atoms with Crippen molar-refractivity contribution >= 4 is 11.7 Å². The van der Waals surface area contributed by atoms with Crippen LogP contribution >= 0.6 is 0 Å². The first-order valence-corrected chi connectivity index (χ1v) is 6.35. The molecule has 0 N–H and O–H groups in total. The minimum absolute atomic E-state index is 0.0570. The fraction of sp³-hybridized carbons (Fsp3) is 0.846. The van der Waals surface area contributed by atoms with E-state index < -0.39 is 5.41 Å². The maximum absolute atomic E-state index is 12.4. The van der Waals surface area contributed by atoms with Crippen LogP contribution in [-0.4, -0.2) is 29.2 Å². The highest BCUT2D eigenvalue weighted by molar-refractivity contribution is 6.06. The first-order valence-electron chi connectivity index (χ1n) is 6.35. The number of piperidine rings is 1. The molecule has 1 amide bonds. The van der Waals surface area contributed by atoms with Gasteiger partial charge in [-0.3, -0.25) is 9.59 Å². The summed E-state index contributed by atoms with van der Waals surface area (Å²) < 4.78 is 0. The molecule has 2 rings (SSSR count). The lowest BCUT2D eigenvalue weighted by Crippen LogP contribution is -2.44. The van der Waals surface area contributed by atoms with Crippen LogP contribution in [0.5, 0.6) is 0 Å². The Bertz CT molecular complexity index is 326. The molecule has 2 fully saturated rings. The molecule has 0 bridgehead atoms. The van der Waals surface area contributed by atoms with Crippen molar-refractivity contribution in [1.29, 1.82) is 0 Å². The normalized spacial score (nSPS) is 38.7. The molecule has 0 aromatic heterocycles. The number of fused-ring (bicyclic) bond motifs is 1. The smallest absolute Gasteiger partial charge is 0.236 e. The Hall–Kier alpha value is -0.860. The third kappa shape index (κ3) is 1.40. The van der Waals surface area contributed by atoms with Gasteiger partial charge in [0.1, 0.15) is 11.2 Å². The van der Waals surface area contributed by atoms with E-state index >= 15 is 0 Å². The Kier molecular flexibility index (Phi) is 2.81. The van der Waals surface area contributed by atoms with Crippen molar-refractivity contribution in [3.05, 3.63) is 0 Å². The van der Waals surface area contributed by atoms with Crippen molar-refractivity contribution in [3.8, 4) is 0 Å². The molecule has 3 nitrogen and oxygen atoms in total. The maximum Gasteiger partial charge on any atom is 0.236 e. The molecule has 3 atom stereocenters. The fourth-order valence-electron chi connectivity index (χ4n) is 3.37. The second-order valence-corrected chi connectivity index (χ2v) is 5.38. The van der Waals surface area contributed by atoms with Gasteiger partial charge in [-0.05, 0) is 38.5 Å². The Morgan fingerprint density at radius 2 is 2.25 bits per heavy atom. The summed E-state index contributed by atoms with van der Waals surface area (Å²) in [6, 6.07) is 0.310. The molecule has 0 aromatic carbocycles. The zero-order chi connectivity index (χ0) is 11.9. The average Bonchev–Trinajstić information content (AvgIpc) is 2.55. The molecule has 90 valence electrons. The van der Waals surface area contributed by atoms with E-state index in [2.05, 4.69) is 6.92 Å². The number of carbonyl (C=O) groups is 2. The van der Waals surface area contributed by atoms with Crippen LogP contribution < -0.4 is 0 Å². The standard InChI is InChI=1S/C13H21NO2/c1-4-13(10(3)15)8-11-9(2)6-5-7-14(11)12(13)16/h9,11H,4-8H2,1-3H3/t9-,11?,13?/m0/s1. The predicted octanol–water partition coefficient (Wildman–Crippen LogP) is 2.00. The molecule has 0 aromatic rings. The van der Waals surface area contributed by atoms with E-state index in [0.29, 0.717) is 18.4 Å².